The number of hydrogen-bond donors (Lipinski definition) is 2. The summed E-state index contributed by atoms with van der Waals surface area (Å²) in [6.45, 7) is 5.84. The molecule has 0 aliphatic carbocycles. The summed E-state index contributed by atoms with van der Waals surface area (Å²) in [5.74, 6) is 1.36. The number of hydrogen-bond acceptors (Lipinski definition) is 5. The van der Waals surface area contributed by atoms with Gasteiger partial charge in [-0.05, 0) is 62.6 Å². The van der Waals surface area contributed by atoms with Gasteiger partial charge in [-0.25, -0.2) is 9.78 Å². The van der Waals surface area contributed by atoms with Crippen molar-refractivity contribution < 1.29 is 9.21 Å². The van der Waals surface area contributed by atoms with E-state index in [0.29, 0.717) is 17.9 Å². The molecule has 1 aliphatic heterocycles. The van der Waals surface area contributed by atoms with Crippen molar-refractivity contribution in [2.75, 3.05) is 13.1 Å². The first-order valence-corrected chi connectivity index (χ1v) is 9.99. The predicted octanol–water partition coefficient (Wildman–Crippen LogP) is 2.54. The minimum absolute atomic E-state index is 0.0762. The molecule has 0 bridgehead atoms. The van der Waals surface area contributed by atoms with Crippen molar-refractivity contribution in [2.45, 2.75) is 39.2 Å². The normalized spacial score (nSPS) is 16.9. The quantitative estimate of drug-likeness (QED) is 0.710. The largest absolute Gasteiger partial charge is 0.427 e. The van der Waals surface area contributed by atoms with E-state index in [-0.39, 0.29) is 11.5 Å². The van der Waals surface area contributed by atoms with Gasteiger partial charge in [0.05, 0.1) is 11.0 Å². The number of nitrogens with zero attached hydrogens (tertiary/aromatic N) is 2. The van der Waals surface area contributed by atoms with E-state index in [1.807, 2.05) is 42.8 Å². The summed E-state index contributed by atoms with van der Waals surface area (Å²) in [5, 5.41) is 6.15. The molecule has 1 aliphatic rings. The predicted molar refractivity (Wildman–Crippen MR) is 111 cm³/mol. The molecular formula is C22H26N4O3. The van der Waals surface area contributed by atoms with E-state index in [0.717, 1.165) is 48.4 Å². The van der Waals surface area contributed by atoms with Crippen molar-refractivity contribution in [1.29, 1.82) is 0 Å². The fraction of sp³-hybridized carbons (Fsp3) is 0.409. The van der Waals surface area contributed by atoms with E-state index in [2.05, 4.69) is 15.6 Å². The van der Waals surface area contributed by atoms with Gasteiger partial charge >= 0.3 is 5.63 Å². The number of fused-ring (bicyclic) bond motifs is 1. The maximum Gasteiger partial charge on any atom is 0.349 e. The highest BCUT2D eigenvalue weighted by Crippen LogP contribution is 2.23. The summed E-state index contributed by atoms with van der Waals surface area (Å²) in [7, 11) is 1.97. The molecule has 152 valence electrons. The molecule has 2 aromatic heterocycles. The van der Waals surface area contributed by atoms with Crippen LogP contribution in [0, 0.1) is 13.8 Å². The maximum atomic E-state index is 12.7. The highest BCUT2D eigenvalue weighted by molar-refractivity contribution is 5.95. The van der Waals surface area contributed by atoms with Gasteiger partial charge in [0.2, 0.25) is 0 Å². The van der Waals surface area contributed by atoms with E-state index in [1.54, 1.807) is 6.92 Å². The molecule has 3 heterocycles. The van der Waals surface area contributed by atoms with Crippen molar-refractivity contribution >= 4 is 16.9 Å². The van der Waals surface area contributed by atoms with Crippen LogP contribution in [-0.2, 0) is 13.6 Å². The number of nitrogens with one attached hydrogen (secondary N) is 2. The van der Waals surface area contributed by atoms with Gasteiger partial charge < -0.3 is 19.6 Å². The van der Waals surface area contributed by atoms with Crippen LogP contribution in [0.25, 0.3) is 11.0 Å². The Hall–Kier alpha value is -2.93. The van der Waals surface area contributed by atoms with Gasteiger partial charge in [-0.15, -0.1) is 0 Å². The molecule has 1 amide bonds. The molecule has 1 aromatic carbocycles. The molecule has 3 aromatic rings. The van der Waals surface area contributed by atoms with Gasteiger partial charge in [0.15, 0.2) is 0 Å². The Labute approximate surface area is 169 Å². The topological polar surface area (TPSA) is 89.2 Å². The Morgan fingerprint density at radius 1 is 1.34 bits per heavy atom. The van der Waals surface area contributed by atoms with Crippen molar-refractivity contribution in [3.05, 3.63) is 63.0 Å². The lowest BCUT2D eigenvalue weighted by molar-refractivity contribution is 0.0945. The summed E-state index contributed by atoms with van der Waals surface area (Å²) in [4.78, 5) is 29.7. The monoisotopic (exact) mass is 394 g/mol. The second kappa shape index (κ2) is 7.83. The van der Waals surface area contributed by atoms with E-state index in [9.17, 15) is 9.59 Å². The van der Waals surface area contributed by atoms with Gasteiger partial charge in [-0.3, -0.25) is 4.79 Å². The summed E-state index contributed by atoms with van der Waals surface area (Å²) >= 11 is 0. The Kier molecular flexibility index (Phi) is 5.24. The Morgan fingerprint density at radius 3 is 2.90 bits per heavy atom. The number of aryl methyl sites for hydroxylation is 3. The summed E-state index contributed by atoms with van der Waals surface area (Å²) in [5.41, 5.74) is 3.01. The summed E-state index contributed by atoms with van der Waals surface area (Å²) < 4.78 is 7.53. The minimum atomic E-state index is -0.570. The molecule has 2 N–H and O–H groups in total. The van der Waals surface area contributed by atoms with E-state index < -0.39 is 11.5 Å². The zero-order valence-electron chi connectivity index (χ0n) is 17.0. The fourth-order valence-electron chi connectivity index (χ4n) is 3.95. The average molecular weight is 394 g/mol. The van der Waals surface area contributed by atoms with Crippen molar-refractivity contribution in [3.63, 3.8) is 0 Å². The number of carbonyl (C=O) groups is 1. The number of aromatic nitrogens is 2. The maximum absolute atomic E-state index is 12.7. The van der Waals surface area contributed by atoms with Crippen LogP contribution in [0.15, 0.2) is 33.5 Å². The zero-order valence-corrected chi connectivity index (χ0v) is 17.0. The fourth-order valence-corrected chi connectivity index (χ4v) is 3.95. The van der Waals surface area contributed by atoms with E-state index in [4.69, 9.17) is 4.42 Å². The highest BCUT2D eigenvalue weighted by Gasteiger charge is 2.22. The molecule has 4 rings (SSSR count). The van der Waals surface area contributed by atoms with Crippen molar-refractivity contribution in [1.82, 2.24) is 20.2 Å². The van der Waals surface area contributed by atoms with Gasteiger partial charge in [-0.2, -0.15) is 0 Å². The Balaban J connectivity index is 1.50. The molecule has 1 atom stereocenters. The molecule has 0 radical (unpaired) electrons. The van der Waals surface area contributed by atoms with Crippen molar-refractivity contribution in [2.24, 2.45) is 7.05 Å². The molecule has 1 fully saturated rings. The van der Waals surface area contributed by atoms with Crippen molar-refractivity contribution in [3.8, 4) is 0 Å². The number of rotatable bonds is 4. The highest BCUT2D eigenvalue weighted by atomic mass is 16.4. The zero-order chi connectivity index (χ0) is 20.5. The van der Waals surface area contributed by atoms with Gasteiger partial charge in [0, 0.05) is 26.1 Å². The van der Waals surface area contributed by atoms with Crippen LogP contribution < -0.4 is 16.3 Å². The lowest BCUT2D eigenvalue weighted by Crippen LogP contribution is -2.31. The Bertz CT molecular complexity index is 1120. The SMILES string of the molecule is Cc1cc(C2CCCNC2)oc(=O)c1C(=O)NCc1ccc2c(c1)nc(C)n2C. The van der Waals surface area contributed by atoms with E-state index in [1.165, 1.54) is 0 Å². The molecular weight excluding hydrogens is 368 g/mol. The van der Waals surface area contributed by atoms with Crippen LogP contribution >= 0.6 is 0 Å². The molecule has 1 saturated heterocycles. The van der Waals surface area contributed by atoms with Crippen LogP contribution in [0.4, 0.5) is 0 Å². The van der Waals surface area contributed by atoms with Crippen LogP contribution in [0.3, 0.4) is 0 Å². The molecule has 0 spiro atoms. The van der Waals surface area contributed by atoms with Crippen LogP contribution in [-0.4, -0.2) is 28.5 Å². The van der Waals surface area contributed by atoms with Gasteiger partial charge in [0.25, 0.3) is 5.91 Å². The third-order valence-electron chi connectivity index (χ3n) is 5.72. The smallest absolute Gasteiger partial charge is 0.349 e. The van der Waals surface area contributed by atoms with Gasteiger partial charge in [-0.1, -0.05) is 6.07 Å². The Morgan fingerprint density at radius 2 is 2.17 bits per heavy atom. The number of amides is 1. The van der Waals surface area contributed by atoms with Crippen LogP contribution in [0.1, 0.15) is 51.8 Å². The first-order chi connectivity index (χ1) is 13.9. The second-order valence-corrected chi connectivity index (χ2v) is 7.76. The molecule has 7 nitrogen and oxygen atoms in total. The van der Waals surface area contributed by atoms with Gasteiger partial charge in [0.1, 0.15) is 17.1 Å². The third kappa shape index (κ3) is 3.82. The second-order valence-electron chi connectivity index (χ2n) is 7.76. The average Bonchev–Trinajstić information content (AvgIpc) is 2.99. The molecule has 1 unspecified atom stereocenters. The summed E-state index contributed by atoms with van der Waals surface area (Å²) in [6.07, 6.45) is 2.03. The lowest BCUT2D eigenvalue weighted by Gasteiger charge is -2.22. The number of benzene rings is 1. The van der Waals surface area contributed by atoms with Crippen LogP contribution in [0.2, 0.25) is 0 Å². The number of piperidine rings is 1. The molecule has 29 heavy (non-hydrogen) atoms. The lowest BCUT2D eigenvalue weighted by atomic mass is 9.95. The first kappa shape index (κ1) is 19.4. The summed E-state index contributed by atoms with van der Waals surface area (Å²) in [6, 6.07) is 7.73. The molecule has 0 saturated carbocycles. The third-order valence-corrected chi connectivity index (χ3v) is 5.72. The minimum Gasteiger partial charge on any atom is -0.427 e. The van der Waals surface area contributed by atoms with Crippen LogP contribution in [0.5, 0.6) is 0 Å². The number of imidazole rings is 1. The standard InChI is InChI=1S/C22H26N4O3/c1-13-9-19(16-5-4-8-23-12-16)29-22(28)20(13)21(27)24-11-15-6-7-18-17(10-15)25-14(2)26(18)3/h6-7,9-10,16,23H,4-5,8,11-12H2,1-3H3,(H,24,27). The first-order valence-electron chi connectivity index (χ1n) is 9.99. The molecule has 7 heteroatoms. The van der Waals surface area contributed by atoms with E-state index >= 15 is 0 Å². The number of carbonyl (C=O) groups excluding carboxylic acids is 1.